The molecule has 3 nitrogen and oxygen atoms in total. The van der Waals surface area contributed by atoms with Gasteiger partial charge >= 0.3 is 29.6 Å². The maximum absolute atomic E-state index is 8.25. The Hall–Kier alpha value is 0.710. The number of thiocarbonyl (C=S) groups is 1. The third-order valence-electron chi connectivity index (χ3n) is 2.74. The molecule has 0 aromatic rings. The molecule has 0 aromatic carbocycles. The first-order chi connectivity index (χ1) is 9.18. The standard InChI is InChI=1S/C13H27NS2.CH2O2.Na/c1-2-3-4-5-6-7-8-9-10-11-12-16-13(14)15;2-1-3;/h2-12H2,1H3,(H2,14,15);1H,(H,2,3);/q;;+1/p-1. The summed E-state index contributed by atoms with van der Waals surface area (Å²) in [6.45, 7) is 1.77. The fourth-order valence-electron chi connectivity index (χ4n) is 1.76. The van der Waals surface area contributed by atoms with Crippen LogP contribution in [0, 0.1) is 0 Å². The van der Waals surface area contributed by atoms with Crippen LogP contribution >= 0.6 is 24.0 Å². The van der Waals surface area contributed by atoms with Crippen molar-refractivity contribution in [3.63, 3.8) is 0 Å². The molecule has 0 amide bonds. The third kappa shape index (κ3) is 31.2. The Labute approximate surface area is 156 Å². The Morgan fingerprint density at radius 1 is 1.05 bits per heavy atom. The summed E-state index contributed by atoms with van der Waals surface area (Å²) in [5.41, 5.74) is 5.41. The molecule has 0 bridgehead atoms. The second-order valence-corrected chi connectivity index (χ2v) is 6.28. The SMILES string of the molecule is CCCCCCCCCCCCSC(N)=S.O=C[O-].[Na+]. The fraction of sp³-hybridized carbons (Fsp3) is 0.857. The molecule has 0 rings (SSSR count). The van der Waals surface area contributed by atoms with Crippen LogP contribution in [0.2, 0.25) is 0 Å². The summed E-state index contributed by atoms with van der Waals surface area (Å²) in [6.07, 6.45) is 13.9. The zero-order chi connectivity index (χ0) is 14.8. The summed E-state index contributed by atoms with van der Waals surface area (Å²) in [5, 5.41) is 8.25. The van der Waals surface area contributed by atoms with Gasteiger partial charge in [0.2, 0.25) is 0 Å². The predicted molar refractivity (Wildman–Crippen MR) is 87.2 cm³/mol. The molecule has 0 heterocycles. The van der Waals surface area contributed by atoms with E-state index >= 15 is 0 Å². The first-order valence-corrected chi connectivity index (χ1v) is 8.56. The molecule has 20 heavy (non-hydrogen) atoms. The van der Waals surface area contributed by atoms with Gasteiger partial charge in [-0.05, 0) is 6.42 Å². The molecular formula is C14H28NNaO2S2. The maximum atomic E-state index is 8.25. The van der Waals surface area contributed by atoms with E-state index in [2.05, 4.69) is 6.92 Å². The zero-order valence-electron chi connectivity index (χ0n) is 13.1. The smallest absolute Gasteiger partial charge is 0.554 e. The van der Waals surface area contributed by atoms with Crippen LogP contribution in [0.4, 0.5) is 0 Å². The van der Waals surface area contributed by atoms with E-state index in [1.54, 1.807) is 11.8 Å². The molecule has 2 N–H and O–H groups in total. The van der Waals surface area contributed by atoms with Gasteiger partial charge in [-0.1, -0.05) is 88.7 Å². The minimum atomic E-state index is -0.500. The molecule has 0 atom stereocenters. The zero-order valence-corrected chi connectivity index (χ0v) is 16.7. The van der Waals surface area contributed by atoms with E-state index in [9.17, 15) is 0 Å². The van der Waals surface area contributed by atoms with Gasteiger partial charge in [-0.3, -0.25) is 0 Å². The molecule has 0 spiro atoms. The van der Waals surface area contributed by atoms with Crippen molar-refractivity contribution in [3.05, 3.63) is 0 Å². The van der Waals surface area contributed by atoms with Crippen molar-refractivity contribution in [1.29, 1.82) is 0 Å². The number of carbonyl (C=O) groups is 1. The second-order valence-electron chi connectivity index (χ2n) is 4.45. The number of carbonyl (C=O) groups excluding carboxylic acids is 1. The number of hydrogen-bond acceptors (Lipinski definition) is 4. The minimum absolute atomic E-state index is 0. The van der Waals surface area contributed by atoms with Gasteiger partial charge in [-0.25, -0.2) is 0 Å². The van der Waals surface area contributed by atoms with Crippen molar-refractivity contribution in [2.75, 3.05) is 5.75 Å². The summed E-state index contributed by atoms with van der Waals surface area (Å²) < 4.78 is 0.593. The van der Waals surface area contributed by atoms with Crippen LogP contribution in [0.1, 0.15) is 71.1 Å². The number of unbranched alkanes of at least 4 members (excludes halogenated alkanes) is 9. The summed E-state index contributed by atoms with van der Waals surface area (Å²) in [6, 6.07) is 0. The third-order valence-corrected chi connectivity index (χ3v) is 3.87. The molecule has 0 aliphatic carbocycles. The monoisotopic (exact) mass is 329 g/mol. The minimum Gasteiger partial charge on any atom is -0.554 e. The van der Waals surface area contributed by atoms with Crippen molar-refractivity contribution in [3.8, 4) is 0 Å². The van der Waals surface area contributed by atoms with Gasteiger partial charge in [0.1, 0.15) is 4.32 Å². The van der Waals surface area contributed by atoms with E-state index in [0.29, 0.717) is 4.32 Å². The van der Waals surface area contributed by atoms with E-state index in [0.717, 1.165) is 5.75 Å². The summed E-state index contributed by atoms with van der Waals surface area (Å²) >= 11 is 6.42. The number of hydrogen-bond donors (Lipinski definition) is 1. The van der Waals surface area contributed by atoms with Crippen molar-refractivity contribution >= 4 is 34.8 Å². The molecule has 0 unspecified atom stereocenters. The molecule has 0 aromatic heterocycles. The average Bonchev–Trinajstić information content (AvgIpc) is 2.36. The van der Waals surface area contributed by atoms with Crippen LogP contribution < -0.4 is 40.4 Å². The summed E-state index contributed by atoms with van der Waals surface area (Å²) in [4.78, 5) is 8.25. The van der Waals surface area contributed by atoms with Gasteiger partial charge < -0.3 is 15.6 Å². The molecule has 0 aliphatic heterocycles. The van der Waals surface area contributed by atoms with Crippen molar-refractivity contribution in [2.45, 2.75) is 71.1 Å². The molecule has 114 valence electrons. The Kier molecular flexibility index (Phi) is 31.7. The van der Waals surface area contributed by atoms with Gasteiger partial charge in [0.25, 0.3) is 0 Å². The summed E-state index contributed by atoms with van der Waals surface area (Å²) in [5.74, 6) is 1.10. The van der Waals surface area contributed by atoms with E-state index in [1.165, 1.54) is 64.2 Å². The van der Waals surface area contributed by atoms with Crippen LogP contribution in [-0.4, -0.2) is 16.5 Å². The first-order valence-electron chi connectivity index (χ1n) is 7.16. The average molecular weight is 330 g/mol. The number of thioether (sulfide) groups is 1. The Morgan fingerprint density at radius 3 is 1.75 bits per heavy atom. The topological polar surface area (TPSA) is 66.2 Å². The number of carboxylic acid groups (broad SMARTS) is 1. The Balaban J connectivity index is -0.000000657. The van der Waals surface area contributed by atoms with Gasteiger partial charge in [0, 0.05) is 12.2 Å². The van der Waals surface area contributed by atoms with Crippen molar-refractivity contribution in [1.82, 2.24) is 0 Å². The molecule has 0 saturated heterocycles. The van der Waals surface area contributed by atoms with E-state index < -0.39 is 6.47 Å². The summed E-state index contributed by atoms with van der Waals surface area (Å²) in [7, 11) is 0. The molecule has 6 heteroatoms. The Morgan fingerprint density at radius 2 is 1.40 bits per heavy atom. The number of rotatable bonds is 11. The van der Waals surface area contributed by atoms with Gasteiger partial charge in [-0.15, -0.1) is 0 Å². The van der Waals surface area contributed by atoms with E-state index in [4.69, 9.17) is 27.9 Å². The van der Waals surface area contributed by atoms with Gasteiger partial charge in [0.15, 0.2) is 0 Å². The second kappa shape index (κ2) is 24.7. The molecule has 0 saturated carbocycles. The molecule has 0 radical (unpaired) electrons. The molecule has 0 aliphatic rings. The van der Waals surface area contributed by atoms with Crippen LogP contribution in [0.15, 0.2) is 0 Å². The van der Waals surface area contributed by atoms with Gasteiger partial charge in [-0.2, -0.15) is 0 Å². The fourth-order valence-corrected chi connectivity index (χ4v) is 2.56. The van der Waals surface area contributed by atoms with Crippen LogP contribution in [0.5, 0.6) is 0 Å². The number of nitrogens with two attached hydrogens (primary N) is 1. The van der Waals surface area contributed by atoms with Crippen molar-refractivity contribution < 1.29 is 39.5 Å². The first kappa shape index (κ1) is 25.7. The maximum Gasteiger partial charge on any atom is 1.00 e. The largest absolute Gasteiger partial charge is 1.00 e. The molecular weight excluding hydrogens is 301 g/mol. The Bertz CT molecular complexity index is 208. The van der Waals surface area contributed by atoms with E-state index in [-0.39, 0.29) is 29.6 Å². The van der Waals surface area contributed by atoms with Crippen molar-refractivity contribution in [2.24, 2.45) is 5.73 Å². The molecule has 0 fully saturated rings. The normalized spacial score (nSPS) is 9.05. The quantitative estimate of drug-likeness (QED) is 0.255. The van der Waals surface area contributed by atoms with Crippen LogP contribution in [-0.2, 0) is 4.79 Å². The van der Waals surface area contributed by atoms with Gasteiger partial charge in [0.05, 0.1) is 0 Å². The van der Waals surface area contributed by atoms with E-state index in [1.807, 2.05) is 0 Å². The predicted octanol–water partition coefficient (Wildman–Crippen LogP) is 0.254. The van der Waals surface area contributed by atoms with Crippen LogP contribution in [0.3, 0.4) is 0 Å². The van der Waals surface area contributed by atoms with Crippen LogP contribution in [0.25, 0.3) is 0 Å².